The summed E-state index contributed by atoms with van der Waals surface area (Å²) in [6, 6.07) is 0. The normalized spacial score (nSPS) is 21.6. The van der Waals surface area contributed by atoms with Crippen LogP contribution in [-0.4, -0.2) is 22.8 Å². The monoisotopic (exact) mass is 213 g/mol. The highest BCUT2D eigenvalue weighted by molar-refractivity contribution is 4.89. The molecule has 0 saturated heterocycles. The van der Waals surface area contributed by atoms with Gasteiger partial charge in [0.05, 0.1) is 5.60 Å². The first kappa shape index (κ1) is 13.0. The van der Waals surface area contributed by atoms with Crippen molar-refractivity contribution in [2.24, 2.45) is 0 Å². The molecule has 2 heteroatoms. The van der Waals surface area contributed by atoms with Crippen LogP contribution in [0.5, 0.6) is 0 Å². The molecule has 0 bridgehead atoms. The summed E-state index contributed by atoms with van der Waals surface area (Å²) in [5.74, 6) is 0. The van der Waals surface area contributed by atoms with E-state index in [1.807, 2.05) is 0 Å². The highest BCUT2D eigenvalue weighted by atomic mass is 16.3. The van der Waals surface area contributed by atoms with Gasteiger partial charge in [-0.15, -0.1) is 0 Å². The summed E-state index contributed by atoms with van der Waals surface area (Å²) in [5, 5.41) is 13.8. The van der Waals surface area contributed by atoms with Gasteiger partial charge in [-0.25, -0.2) is 0 Å². The van der Waals surface area contributed by atoms with Crippen molar-refractivity contribution in [3.63, 3.8) is 0 Å². The standard InChI is InChI=1S/C13H27NO/c1-4-13(15,5-2)11-14-12(3)9-7-6-8-10-12/h14-15H,4-11H2,1-3H3. The molecule has 2 N–H and O–H groups in total. The molecule has 0 amide bonds. The smallest absolute Gasteiger partial charge is 0.0766 e. The van der Waals surface area contributed by atoms with Crippen LogP contribution in [0.3, 0.4) is 0 Å². The van der Waals surface area contributed by atoms with Gasteiger partial charge in [0.1, 0.15) is 0 Å². The van der Waals surface area contributed by atoms with Gasteiger partial charge in [-0.2, -0.15) is 0 Å². The van der Waals surface area contributed by atoms with Crippen LogP contribution in [0.1, 0.15) is 65.7 Å². The van der Waals surface area contributed by atoms with Crippen molar-refractivity contribution in [1.29, 1.82) is 0 Å². The first-order chi connectivity index (χ1) is 7.04. The van der Waals surface area contributed by atoms with Crippen LogP contribution in [0.4, 0.5) is 0 Å². The molecule has 90 valence electrons. The van der Waals surface area contributed by atoms with Gasteiger partial charge >= 0.3 is 0 Å². The fraction of sp³-hybridized carbons (Fsp3) is 1.00. The molecule has 0 unspecified atom stereocenters. The van der Waals surface area contributed by atoms with E-state index in [1.54, 1.807) is 0 Å². The zero-order valence-electron chi connectivity index (χ0n) is 10.6. The van der Waals surface area contributed by atoms with Gasteiger partial charge in [-0.05, 0) is 32.6 Å². The van der Waals surface area contributed by atoms with E-state index in [2.05, 4.69) is 26.1 Å². The maximum Gasteiger partial charge on any atom is 0.0766 e. The lowest BCUT2D eigenvalue weighted by Crippen LogP contribution is -2.51. The van der Waals surface area contributed by atoms with E-state index in [9.17, 15) is 5.11 Å². The average Bonchev–Trinajstić information content (AvgIpc) is 2.27. The van der Waals surface area contributed by atoms with E-state index in [0.29, 0.717) is 0 Å². The Morgan fingerprint density at radius 2 is 1.67 bits per heavy atom. The fourth-order valence-electron chi connectivity index (χ4n) is 2.39. The maximum absolute atomic E-state index is 10.2. The van der Waals surface area contributed by atoms with Crippen LogP contribution in [-0.2, 0) is 0 Å². The van der Waals surface area contributed by atoms with Gasteiger partial charge < -0.3 is 10.4 Å². The molecule has 1 rings (SSSR count). The Bertz CT molecular complexity index is 181. The Morgan fingerprint density at radius 1 is 1.13 bits per heavy atom. The van der Waals surface area contributed by atoms with Crippen LogP contribution >= 0.6 is 0 Å². The van der Waals surface area contributed by atoms with Crippen LogP contribution in [0.15, 0.2) is 0 Å². The van der Waals surface area contributed by atoms with E-state index >= 15 is 0 Å². The molecule has 1 saturated carbocycles. The van der Waals surface area contributed by atoms with Crippen molar-refractivity contribution in [2.75, 3.05) is 6.54 Å². The highest BCUT2D eigenvalue weighted by Gasteiger charge is 2.30. The molecule has 2 nitrogen and oxygen atoms in total. The quantitative estimate of drug-likeness (QED) is 0.736. The molecule has 0 aliphatic heterocycles. The third-order valence-corrected chi connectivity index (χ3v) is 4.12. The van der Waals surface area contributed by atoms with Crippen molar-refractivity contribution < 1.29 is 5.11 Å². The van der Waals surface area contributed by atoms with Crippen molar-refractivity contribution in [1.82, 2.24) is 5.32 Å². The van der Waals surface area contributed by atoms with Gasteiger partial charge in [0.15, 0.2) is 0 Å². The lowest BCUT2D eigenvalue weighted by molar-refractivity contribution is 0.0221. The molecular weight excluding hydrogens is 186 g/mol. The van der Waals surface area contributed by atoms with Gasteiger partial charge in [0.2, 0.25) is 0 Å². The topological polar surface area (TPSA) is 32.3 Å². The number of rotatable bonds is 5. The number of β-amino-alcohol motifs (C(OH)–C–C–N with tert-alkyl or cyclic N) is 1. The third kappa shape index (κ3) is 3.76. The molecule has 0 aromatic carbocycles. The Hall–Kier alpha value is -0.0800. The molecule has 0 aromatic heterocycles. The highest BCUT2D eigenvalue weighted by Crippen LogP contribution is 2.28. The molecule has 0 spiro atoms. The van der Waals surface area contributed by atoms with Gasteiger partial charge in [-0.1, -0.05) is 33.1 Å². The molecule has 0 heterocycles. The minimum absolute atomic E-state index is 0.274. The summed E-state index contributed by atoms with van der Waals surface area (Å²) in [6.07, 6.45) is 8.25. The van der Waals surface area contributed by atoms with Crippen molar-refractivity contribution in [2.45, 2.75) is 76.9 Å². The first-order valence-corrected chi connectivity index (χ1v) is 6.51. The minimum atomic E-state index is -0.500. The second-order valence-corrected chi connectivity index (χ2v) is 5.41. The number of hydrogen-bond donors (Lipinski definition) is 2. The third-order valence-electron chi connectivity index (χ3n) is 4.12. The number of hydrogen-bond acceptors (Lipinski definition) is 2. The zero-order chi connectivity index (χ0) is 11.4. The Labute approximate surface area is 94.5 Å². The Balaban J connectivity index is 2.40. The molecule has 0 aromatic rings. The maximum atomic E-state index is 10.2. The van der Waals surface area contributed by atoms with Crippen LogP contribution in [0.2, 0.25) is 0 Å². The summed E-state index contributed by atoms with van der Waals surface area (Å²) in [5.41, 5.74) is -0.225. The first-order valence-electron chi connectivity index (χ1n) is 6.51. The van der Waals surface area contributed by atoms with Crippen molar-refractivity contribution >= 4 is 0 Å². The molecule has 0 atom stereocenters. The van der Waals surface area contributed by atoms with E-state index in [-0.39, 0.29) is 5.54 Å². The van der Waals surface area contributed by atoms with Crippen molar-refractivity contribution in [3.05, 3.63) is 0 Å². The van der Waals surface area contributed by atoms with Crippen molar-refractivity contribution in [3.8, 4) is 0 Å². The average molecular weight is 213 g/mol. The largest absolute Gasteiger partial charge is 0.389 e. The molecular formula is C13H27NO. The lowest BCUT2D eigenvalue weighted by atomic mass is 9.82. The summed E-state index contributed by atoms with van der Waals surface area (Å²) in [7, 11) is 0. The van der Waals surface area contributed by atoms with E-state index in [4.69, 9.17) is 0 Å². The van der Waals surface area contributed by atoms with Crippen LogP contribution < -0.4 is 5.32 Å². The van der Waals surface area contributed by atoms with E-state index in [1.165, 1.54) is 32.1 Å². The number of aliphatic hydroxyl groups is 1. The van der Waals surface area contributed by atoms with Crippen LogP contribution in [0.25, 0.3) is 0 Å². The van der Waals surface area contributed by atoms with Gasteiger partial charge in [0.25, 0.3) is 0 Å². The Kier molecular flexibility index (Phi) is 4.60. The number of nitrogens with one attached hydrogen (secondary N) is 1. The second kappa shape index (κ2) is 5.31. The van der Waals surface area contributed by atoms with Gasteiger partial charge in [-0.3, -0.25) is 0 Å². The zero-order valence-corrected chi connectivity index (χ0v) is 10.6. The summed E-state index contributed by atoms with van der Waals surface area (Å²) in [6.45, 7) is 7.18. The van der Waals surface area contributed by atoms with Crippen LogP contribution in [0, 0.1) is 0 Å². The molecule has 0 radical (unpaired) electrons. The molecule has 1 aliphatic rings. The summed E-state index contributed by atoms with van der Waals surface area (Å²) >= 11 is 0. The molecule has 1 fully saturated rings. The predicted octanol–water partition coefficient (Wildman–Crippen LogP) is 2.85. The van der Waals surface area contributed by atoms with E-state index in [0.717, 1.165) is 19.4 Å². The molecule has 1 aliphatic carbocycles. The predicted molar refractivity (Wildman–Crippen MR) is 65.0 cm³/mol. The Morgan fingerprint density at radius 3 is 2.13 bits per heavy atom. The summed E-state index contributed by atoms with van der Waals surface area (Å²) < 4.78 is 0. The second-order valence-electron chi connectivity index (χ2n) is 5.41. The SMILES string of the molecule is CCC(O)(CC)CNC1(C)CCCCC1. The fourth-order valence-corrected chi connectivity index (χ4v) is 2.39. The minimum Gasteiger partial charge on any atom is -0.389 e. The van der Waals surface area contributed by atoms with Gasteiger partial charge in [0, 0.05) is 12.1 Å². The summed E-state index contributed by atoms with van der Waals surface area (Å²) in [4.78, 5) is 0. The lowest BCUT2D eigenvalue weighted by Gasteiger charge is -2.38. The molecule has 15 heavy (non-hydrogen) atoms. The van der Waals surface area contributed by atoms with E-state index < -0.39 is 5.60 Å².